The highest BCUT2D eigenvalue weighted by atomic mass is 32.1. The summed E-state index contributed by atoms with van der Waals surface area (Å²) < 4.78 is 0. The summed E-state index contributed by atoms with van der Waals surface area (Å²) in [6, 6.07) is 6.44. The lowest BCUT2D eigenvalue weighted by atomic mass is 9.90. The van der Waals surface area contributed by atoms with Gasteiger partial charge in [0.25, 0.3) is 0 Å². The first kappa shape index (κ1) is 14.7. The molecule has 1 aromatic heterocycles. The summed E-state index contributed by atoms with van der Waals surface area (Å²) in [7, 11) is 0. The van der Waals surface area contributed by atoms with Gasteiger partial charge in [0.1, 0.15) is 5.41 Å². The van der Waals surface area contributed by atoms with E-state index >= 15 is 0 Å². The molecule has 106 valence electrons. The van der Waals surface area contributed by atoms with Crippen LogP contribution in [0.25, 0.3) is 0 Å². The number of nitrogens with zero attached hydrogens (tertiary/aromatic N) is 1. The SMILES string of the molecule is Cc1cc(C)cc(Cc2nc(C(C)(C)C(=O)O)cs2)c1. The van der Waals surface area contributed by atoms with E-state index in [0.717, 1.165) is 11.4 Å². The molecule has 0 spiro atoms. The number of aryl methyl sites for hydroxylation is 2. The number of carbonyl (C=O) groups is 1. The summed E-state index contributed by atoms with van der Waals surface area (Å²) >= 11 is 1.53. The highest BCUT2D eigenvalue weighted by molar-refractivity contribution is 7.09. The first-order valence-electron chi connectivity index (χ1n) is 6.54. The normalized spacial score (nSPS) is 11.6. The largest absolute Gasteiger partial charge is 0.481 e. The molecule has 1 N–H and O–H groups in total. The van der Waals surface area contributed by atoms with Crippen LogP contribution in [0.5, 0.6) is 0 Å². The third-order valence-corrected chi connectivity index (χ3v) is 4.21. The summed E-state index contributed by atoms with van der Waals surface area (Å²) in [5.74, 6) is -0.847. The van der Waals surface area contributed by atoms with Gasteiger partial charge in [-0.2, -0.15) is 0 Å². The van der Waals surface area contributed by atoms with E-state index in [9.17, 15) is 9.90 Å². The Morgan fingerprint density at radius 2 is 1.85 bits per heavy atom. The number of rotatable bonds is 4. The first-order valence-corrected chi connectivity index (χ1v) is 7.42. The van der Waals surface area contributed by atoms with Gasteiger partial charge in [-0.05, 0) is 33.3 Å². The molecular formula is C16H19NO2S. The van der Waals surface area contributed by atoms with Gasteiger partial charge >= 0.3 is 5.97 Å². The van der Waals surface area contributed by atoms with Crippen LogP contribution in [0.4, 0.5) is 0 Å². The number of carboxylic acids is 1. The zero-order valence-corrected chi connectivity index (χ0v) is 13.0. The van der Waals surface area contributed by atoms with E-state index in [2.05, 4.69) is 37.0 Å². The Hall–Kier alpha value is -1.68. The highest BCUT2D eigenvalue weighted by Crippen LogP contribution is 2.26. The van der Waals surface area contributed by atoms with E-state index < -0.39 is 11.4 Å². The van der Waals surface area contributed by atoms with Gasteiger partial charge < -0.3 is 5.11 Å². The second kappa shape index (κ2) is 5.37. The summed E-state index contributed by atoms with van der Waals surface area (Å²) in [6.07, 6.45) is 0.753. The molecule has 0 aliphatic heterocycles. The zero-order valence-electron chi connectivity index (χ0n) is 12.2. The number of carboxylic acid groups (broad SMARTS) is 1. The van der Waals surface area contributed by atoms with Gasteiger partial charge in [-0.1, -0.05) is 29.3 Å². The van der Waals surface area contributed by atoms with Gasteiger partial charge in [-0.15, -0.1) is 11.3 Å². The summed E-state index contributed by atoms with van der Waals surface area (Å²) in [5, 5.41) is 12.0. The van der Waals surface area contributed by atoms with Gasteiger partial charge in [0, 0.05) is 11.8 Å². The van der Waals surface area contributed by atoms with Crippen molar-refractivity contribution in [3.05, 3.63) is 51.0 Å². The number of aliphatic carboxylic acids is 1. The molecule has 3 nitrogen and oxygen atoms in total. The average Bonchev–Trinajstić information content (AvgIpc) is 2.76. The first-order chi connectivity index (χ1) is 9.29. The van der Waals surface area contributed by atoms with E-state index in [1.807, 2.05) is 5.38 Å². The van der Waals surface area contributed by atoms with Crippen LogP contribution in [0, 0.1) is 13.8 Å². The van der Waals surface area contributed by atoms with Crippen molar-refractivity contribution in [1.82, 2.24) is 4.98 Å². The Balaban J connectivity index is 2.24. The number of hydrogen-bond acceptors (Lipinski definition) is 3. The van der Waals surface area contributed by atoms with E-state index in [1.54, 1.807) is 13.8 Å². The molecule has 20 heavy (non-hydrogen) atoms. The molecule has 0 fully saturated rings. The molecule has 1 heterocycles. The second-order valence-electron chi connectivity index (χ2n) is 5.73. The molecule has 0 saturated carbocycles. The van der Waals surface area contributed by atoms with Gasteiger partial charge in [0.05, 0.1) is 10.7 Å². The van der Waals surface area contributed by atoms with Crippen molar-refractivity contribution in [2.75, 3.05) is 0 Å². The van der Waals surface area contributed by atoms with Crippen LogP contribution in [-0.2, 0) is 16.6 Å². The van der Waals surface area contributed by atoms with Gasteiger partial charge in [0.2, 0.25) is 0 Å². The van der Waals surface area contributed by atoms with Crippen molar-refractivity contribution in [3.8, 4) is 0 Å². The second-order valence-corrected chi connectivity index (χ2v) is 6.67. The molecule has 0 atom stereocenters. The Labute approximate surface area is 123 Å². The van der Waals surface area contributed by atoms with Crippen molar-refractivity contribution < 1.29 is 9.90 Å². The standard InChI is InChI=1S/C16H19NO2S/c1-10-5-11(2)7-12(6-10)8-14-17-13(9-20-14)16(3,4)15(18)19/h5-7,9H,8H2,1-4H3,(H,18,19). The predicted molar refractivity (Wildman–Crippen MR) is 81.5 cm³/mol. The van der Waals surface area contributed by atoms with E-state index in [-0.39, 0.29) is 0 Å². The fourth-order valence-electron chi connectivity index (χ4n) is 2.13. The average molecular weight is 289 g/mol. The van der Waals surface area contributed by atoms with Gasteiger partial charge in [0.15, 0.2) is 0 Å². The molecule has 0 radical (unpaired) electrons. The number of benzene rings is 1. The molecule has 0 unspecified atom stereocenters. The van der Waals surface area contributed by atoms with Crippen LogP contribution in [0.1, 0.15) is 41.2 Å². The minimum absolute atomic E-state index is 0.634. The van der Waals surface area contributed by atoms with Gasteiger partial charge in [-0.3, -0.25) is 4.79 Å². The molecular weight excluding hydrogens is 270 g/mol. The number of aromatic nitrogens is 1. The Bertz CT molecular complexity index is 623. The number of hydrogen-bond donors (Lipinski definition) is 1. The third kappa shape index (κ3) is 3.07. The topological polar surface area (TPSA) is 50.2 Å². The van der Waals surface area contributed by atoms with E-state index in [4.69, 9.17) is 0 Å². The summed E-state index contributed by atoms with van der Waals surface area (Å²) in [6.45, 7) is 7.53. The van der Waals surface area contributed by atoms with Crippen molar-refractivity contribution in [2.45, 2.75) is 39.5 Å². The zero-order chi connectivity index (χ0) is 14.9. The van der Waals surface area contributed by atoms with E-state index in [1.165, 1.54) is 28.0 Å². The van der Waals surface area contributed by atoms with Crippen LogP contribution < -0.4 is 0 Å². The van der Waals surface area contributed by atoms with Crippen LogP contribution in [0.15, 0.2) is 23.6 Å². The maximum absolute atomic E-state index is 11.2. The van der Waals surface area contributed by atoms with Crippen LogP contribution in [0.3, 0.4) is 0 Å². The highest BCUT2D eigenvalue weighted by Gasteiger charge is 2.32. The van der Waals surface area contributed by atoms with Gasteiger partial charge in [-0.25, -0.2) is 4.98 Å². The van der Waals surface area contributed by atoms with Crippen LogP contribution in [-0.4, -0.2) is 16.1 Å². The summed E-state index contributed by atoms with van der Waals surface area (Å²) in [5.41, 5.74) is 3.40. The monoisotopic (exact) mass is 289 g/mol. The Kier molecular flexibility index (Phi) is 3.95. The maximum atomic E-state index is 11.2. The lowest BCUT2D eigenvalue weighted by Gasteiger charge is -2.15. The Morgan fingerprint density at radius 1 is 1.25 bits per heavy atom. The fourth-order valence-corrected chi connectivity index (χ4v) is 3.13. The number of thiazole rings is 1. The van der Waals surface area contributed by atoms with Crippen LogP contribution in [0.2, 0.25) is 0 Å². The van der Waals surface area contributed by atoms with Crippen LogP contribution >= 0.6 is 11.3 Å². The predicted octanol–water partition coefficient (Wildman–Crippen LogP) is 3.71. The maximum Gasteiger partial charge on any atom is 0.315 e. The molecule has 1 aromatic carbocycles. The minimum atomic E-state index is -0.933. The lowest BCUT2D eigenvalue weighted by Crippen LogP contribution is -2.28. The van der Waals surface area contributed by atoms with E-state index in [0.29, 0.717) is 5.69 Å². The lowest BCUT2D eigenvalue weighted by molar-refractivity contribution is -0.142. The molecule has 0 amide bonds. The van der Waals surface area contributed by atoms with Crippen molar-refractivity contribution in [2.24, 2.45) is 0 Å². The molecule has 0 bridgehead atoms. The van der Waals surface area contributed by atoms with Crippen molar-refractivity contribution in [3.63, 3.8) is 0 Å². The molecule has 0 aliphatic rings. The fraction of sp³-hybridized carbons (Fsp3) is 0.375. The molecule has 4 heteroatoms. The molecule has 0 saturated heterocycles. The Morgan fingerprint density at radius 3 is 2.40 bits per heavy atom. The molecule has 2 aromatic rings. The van der Waals surface area contributed by atoms with Crippen molar-refractivity contribution >= 4 is 17.3 Å². The quantitative estimate of drug-likeness (QED) is 0.933. The molecule has 0 aliphatic carbocycles. The third-order valence-electron chi connectivity index (χ3n) is 3.36. The van der Waals surface area contributed by atoms with Crippen molar-refractivity contribution in [1.29, 1.82) is 0 Å². The summed E-state index contributed by atoms with van der Waals surface area (Å²) in [4.78, 5) is 15.7. The molecule has 2 rings (SSSR count). The smallest absolute Gasteiger partial charge is 0.315 e. The minimum Gasteiger partial charge on any atom is -0.481 e.